The fraction of sp³-hybridized carbons (Fsp3) is 0.556. The van der Waals surface area contributed by atoms with Crippen molar-refractivity contribution in [2.75, 3.05) is 0 Å². The van der Waals surface area contributed by atoms with Gasteiger partial charge < -0.3 is 5.32 Å². The topological polar surface area (TPSA) is 57.8 Å². The van der Waals surface area contributed by atoms with Crippen LogP contribution in [0.3, 0.4) is 0 Å². The molecule has 3 rings (SSSR count). The lowest BCUT2D eigenvalue weighted by molar-refractivity contribution is -0.124. The van der Waals surface area contributed by atoms with E-state index in [1.54, 1.807) is 11.3 Å². The third-order valence-electron chi connectivity index (χ3n) is 4.91. The van der Waals surface area contributed by atoms with Crippen molar-refractivity contribution in [2.45, 2.75) is 58.4 Å². The lowest BCUT2D eigenvalue weighted by Crippen LogP contribution is -2.37. The quantitative estimate of drug-likeness (QED) is 0.896. The highest BCUT2D eigenvalue weighted by Crippen LogP contribution is 2.65. The summed E-state index contributed by atoms with van der Waals surface area (Å²) in [6.07, 6.45) is 0.905. The van der Waals surface area contributed by atoms with E-state index in [4.69, 9.17) is 0 Å². The normalized spacial score (nSPS) is 22.8. The molecule has 124 valence electrons. The molecule has 0 spiro atoms. The van der Waals surface area contributed by atoms with Crippen molar-refractivity contribution >= 4 is 17.2 Å². The van der Waals surface area contributed by atoms with E-state index in [1.807, 2.05) is 17.5 Å². The van der Waals surface area contributed by atoms with Crippen LogP contribution in [0.25, 0.3) is 0 Å². The molecule has 0 radical (unpaired) electrons. The Kier molecular flexibility index (Phi) is 3.67. The van der Waals surface area contributed by atoms with Gasteiger partial charge in [0, 0.05) is 10.3 Å². The predicted octanol–water partition coefficient (Wildman–Crippen LogP) is 3.75. The molecule has 23 heavy (non-hydrogen) atoms. The molecule has 0 aromatic carbocycles. The minimum Gasteiger partial charge on any atom is -0.350 e. The average Bonchev–Trinajstić information content (AvgIpc) is 2.93. The van der Waals surface area contributed by atoms with E-state index in [1.165, 1.54) is 4.88 Å². The highest BCUT2D eigenvalue weighted by Gasteiger charge is 2.67. The van der Waals surface area contributed by atoms with Gasteiger partial charge in [-0.1, -0.05) is 40.7 Å². The maximum absolute atomic E-state index is 12.9. The Morgan fingerprint density at radius 2 is 2.13 bits per heavy atom. The molecule has 1 aliphatic carbocycles. The van der Waals surface area contributed by atoms with Crippen molar-refractivity contribution in [3.63, 3.8) is 0 Å². The highest BCUT2D eigenvalue weighted by molar-refractivity contribution is 7.10. The number of aromatic nitrogens is 2. The number of hydrogen-bond acceptors (Lipinski definition) is 3. The first-order valence-corrected chi connectivity index (χ1v) is 8.92. The van der Waals surface area contributed by atoms with Gasteiger partial charge in [0.15, 0.2) is 0 Å². The molecule has 1 aliphatic rings. The van der Waals surface area contributed by atoms with Crippen LogP contribution in [-0.2, 0) is 22.2 Å². The Morgan fingerprint density at radius 1 is 1.43 bits per heavy atom. The van der Waals surface area contributed by atoms with Crippen LogP contribution in [0.5, 0.6) is 0 Å². The molecule has 2 aromatic heterocycles. The third-order valence-corrected chi connectivity index (χ3v) is 5.94. The van der Waals surface area contributed by atoms with Crippen LogP contribution in [0.1, 0.15) is 57.3 Å². The lowest BCUT2D eigenvalue weighted by atomic mass is 9.92. The number of H-pyrrole nitrogens is 1. The zero-order valence-electron chi connectivity index (χ0n) is 14.5. The molecule has 4 nitrogen and oxygen atoms in total. The maximum Gasteiger partial charge on any atom is 0.232 e. The van der Waals surface area contributed by atoms with Gasteiger partial charge in [-0.2, -0.15) is 5.10 Å². The molecular weight excluding hydrogens is 306 g/mol. The van der Waals surface area contributed by atoms with Crippen LogP contribution in [0.4, 0.5) is 0 Å². The summed E-state index contributed by atoms with van der Waals surface area (Å²) < 4.78 is 0. The van der Waals surface area contributed by atoms with E-state index in [0.717, 1.165) is 17.8 Å². The molecule has 2 aromatic rings. The smallest absolute Gasteiger partial charge is 0.232 e. The van der Waals surface area contributed by atoms with Crippen molar-refractivity contribution in [2.24, 2.45) is 5.41 Å². The van der Waals surface area contributed by atoms with E-state index in [-0.39, 0.29) is 22.2 Å². The van der Waals surface area contributed by atoms with Crippen LogP contribution in [0, 0.1) is 5.41 Å². The summed E-state index contributed by atoms with van der Waals surface area (Å²) in [6, 6.07) is 6.14. The van der Waals surface area contributed by atoms with Crippen LogP contribution < -0.4 is 5.32 Å². The first-order chi connectivity index (χ1) is 10.7. The number of nitrogens with zero attached hydrogens (tertiary/aromatic N) is 1. The summed E-state index contributed by atoms with van der Waals surface area (Å²) in [5.74, 6) is 0.122. The Hall–Kier alpha value is -1.62. The monoisotopic (exact) mass is 331 g/mol. The summed E-state index contributed by atoms with van der Waals surface area (Å²) in [5, 5.41) is 12.5. The molecule has 5 heteroatoms. The fourth-order valence-electron chi connectivity index (χ4n) is 3.22. The average molecular weight is 331 g/mol. The van der Waals surface area contributed by atoms with Crippen LogP contribution >= 0.6 is 11.3 Å². The summed E-state index contributed by atoms with van der Waals surface area (Å²) in [5.41, 5.74) is 1.63. The maximum atomic E-state index is 12.9. The van der Waals surface area contributed by atoms with Crippen molar-refractivity contribution < 1.29 is 4.79 Å². The van der Waals surface area contributed by atoms with Gasteiger partial charge in [0.1, 0.15) is 0 Å². The van der Waals surface area contributed by atoms with Crippen molar-refractivity contribution in [3.8, 4) is 0 Å². The third kappa shape index (κ3) is 2.71. The van der Waals surface area contributed by atoms with E-state index >= 15 is 0 Å². The zero-order chi connectivity index (χ0) is 16.9. The van der Waals surface area contributed by atoms with E-state index in [9.17, 15) is 4.79 Å². The number of amides is 1. The highest BCUT2D eigenvalue weighted by atomic mass is 32.1. The van der Waals surface area contributed by atoms with Gasteiger partial charge >= 0.3 is 0 Å². The van der Waals surface area contributed by atoms with Crippen LogP contribution in [0.2, 0.25) is 0 Å². The Morgan fingerprint density at radius 3 is 2.61 bits per heavy atom. The SMILES string of the molecule is CC(C)(C)c1cc(CNC(=O)[C@@]2(c3cccs3)CC2(C)C)[nH]n1. The van der Waals surface area contributed by atoms with Crippen molar-refractivity contribution in [1.29, 1.82) is 0 Å². The second-order valence-electron chi connectivity index (χ2n) is 8.15. The summed E-state index contributed by atoms with van der Waals surface area (Å²) >= 11 is 1.67. The second-order valence-corrected chi connectivity index (χ2v) is 9.10. The van der Waals surface area contributed by atoms with Gasteiger partial charge in [0.25, 0.3) is 0 Å². The minimum atomic E-state index is -0.367. The number of hydrogen-bond donors (Lipinski definition) is 2. The molecular formula is C18H25N3OS. The summed E-state index contributed by atoms with van der Waals surface area (Å²) in [6.45, 7) is 11.2. The Labute approximate surface area is 141 Å². The van der Waals surface area contributed by atoms with Crippen molar-refractivity contribution in [3.05, 3.63) is 39.8 Å². The number of thiophene rings is 1. The molecule has 2 heterocycles. The Bertz CT molecular complexity index is 709. The molecule has 0 bridgehead atoms. The van der Waals surface area contributed by atoms with E-state index in [2.05, 4.69) is 56.2 Å². The van der Waals surface area contributed by atoms with Crippen molar-refractivity contribution in [1.82, 2.24) is 15.5 Å². The fourth-order valence-corrected chi connectivity index (χ4v) is 4.33. The molecule has 0 aliphatic heterocycles. The summed E-state index contributed by atoms with van der Waals surface area (Å²) in [4.78, 5) is 14.0. The predicted molar refractivity (Wildman–Crippen MR) is 93.5 cm³/mol. The van der Waals surface area contributed by atoms with Gasteiger partial charge in [0.05, 0.1) is 23.3 Å². The number of rotatable bonds is 4. The number of carbonyl (C=O) groups is 1. The molecule has 2 N–H and O–H groups in total. The van der Waals surface area contributed by atoms with Gasteiger partial charge in [-0.05, 0) is 29.3 Å². The second kappa shape index (κ2) is 5.20. The van der Waals surface area contributed by atoms with Crippen LogP contribution in [-0.4, -0.2) is 16.1 Å². The van der Waals surface area contributed by atoms with E-state index in [0.29, 0.717) is 6.54 Å². The van der Waals surface area contributed by atoms with Gasteiger partial charge in [-0.3, -0.25) is 9.89 Å². The summed E-state index contributed by atoms with van der Waals surface area (Å²) in [7, 11) is 0. The van der Waals surface area contributed by atoms with E-state index < -0.39 is 0 Å². The standard InChI is InChI=1S/C18H25N3OS/c1-16(2,3)13-9-12(20-21-13)10-19-15(22)18(11-17(18,4)5)14-7-6-8-23-14/h6-9H,10-11H2,1-5H3,(H,19,22)(H,20,21)/t18-/m0/s1. The molecule has 1 atom stereocenters. The van der Waals surface area contributed by atoms with Crippen LogP contribution in [0.15, 0.2) is 23.6 Å². The van der Waals surface area contributed by atoms with Gasteiger partial charge in [0.2, 0.25) is 5.91 Å². The zero-order valence-corrected chi connectivity index (χ0v) is 15.3. The first kappa shape index (κ1) is 16.2. The largest absolute Gasteiger partial charge is 0.350 e. The number of carbonyl (C=O) groups excluding carboxylic acids is 1. The molecule has 0 saturated heterocycles. The lowest BCUT2D eigenvalue weighted by Gasteiger charge is -2.18. The van der Waals surface area contributed by atoms with Gasteiger partial charge in [-0.15, -0.1) is 11.3 Å². The molecule has 1 fully saturated rings. The van der Waals surface area contributed by atoms with Gasteiger partial charge in [-0.25, -0.2) is 0 Å². The molecule has 0 unspecified atom stereocenters. The minimum absolute atomic E-state index is 0.00936. The molecule has 1 amide bonds. The number of aromatic amines is 1. The Balaban J connectivity index is 1.71. The first-order valence-electron chi connectivity index (χ1n) is 8.04. The number of nitrogens with one attached hydrogen (secondary N) is 2. The molecule has 1 saturated carbocycles.